The van der Waals surface area contributed by atoms with Crippen molar-refractivity contribution >= 4 is 0 Å². The molecule has 0 saturated carbocycles. The summed E-state index contributed by atoms with van der Waals surface area (Å²) in [5.74, 6) is 0. The standard InChI is InChI=1S/C19H30N2/c1-5-20-14-16-7-6-8-17(13-16)15-21-11-9-18(10-12-21)19(2,3)4/h6-9,13,20H,5,10-12,14-15H2,1-4H3. The van der Waals surface area contributed by atoms with Crippen molar-refractivity contribution in [3.05, 3.63) is 47.0 Å². The Morgan fingerprint density at radius 1 is 1.19 bits per heavy atom. The van der Waals surface area contributed by atoms with Gasteiger partial charge in [0.1, 0.15) is 0 Å². The first-order valence-corrected chi connectivity index (χ1v) is 8.19. The van der Waals surface area contributed by atoms with E-state index in [0.29, 0.717) is 5.41 Å². The van der Waals surface area contributed by atoms with Crippen LogP contribution in [0.15, 0.2) is 35.9 Å². The van der Waals surface area contributed by atoms with Gasteiger partial charge in [-0.25, -0.2) is 0 Å². The second-order valence-electron chi connectivity index (χ2n) is 7.06. The van der Waals surface area contributed by atoms with Crippen molar-refractivity contribution < 1.29 is 0 Å². The fourth-order valence-corrected chi connectivity index (χ4v) is 2.90. The number of benzene rings is 1. The van der Waals surface area contributed by atoms with Crippen LogP contribution in [0.5, 0.6) is 0 Å². The average Bonchev–Trinajstić information content (AvgIpc) is 2.45. The first-order chi connectivity index (χ1) is 9.99. The van der Waals surface area contributed by atoms with Crippen molar-refractivity contribution in [1.29, 1.82) is 0 Å². The monoisotopic (exact) mass is 286 g/mol. The first kappa shape index (κ1) is 16.3. The van der Waals surface area contributed by atoms with Crippen LogP contribution in [-0.4, -0.2) is 24.5 Å². The van der Waals surface area contributed by atoms with E-state index in [4.69, 9.17) is 0 Å². The van der Waals surface area contributed by atoms with E-state index in [-0.39, 0.29) is 0 Å². The molecule has 0 aliphatic carbocycles. The Morgan fingerprint density at radius 2 is 1.95 bits per heavy atom. The minimum atomic E-state index is 0.331. The molecular weight excluding hydrogens is 256 g/mol. The third kappa shape index (κ3) is 4.98. The van der Waals surface area contributed by atoms with E-state index in [1.54, 1.807) is 5.57 Å². The predicted octanol–water partition coefficient (Wildman–Crippen LogP) is 3.97. The lowest BCUT2D eigenvalue weighted by Crippen LogP contribution is -2.30. The molecule has 1 N–H and O–H groups in total. The van der Waals surface area contributed by atoms with E-state index in [2.05, 4.69) is 68.3 Å². The number of nitrogens with one attached hydrogen (secondary N) is 1. The van der Waals surface area contributed by atoms with Crippen molar-refractivity contribution in [3.8, 4) is 0 Å². The summed E-state index contributed by atoms with van der Waals surface area (Å²) in [6.07, 6.45) is 3.65. The van der Waals surface area contributed by atoms with Crippen molar-refractivity contribution in [2.45, 2.75) is 47.2 Å². The molecule has 2 nitrogen and oxygen atoms in total. The minimum Gasteiger partial charge on any atom is -0.313 e. The Balaban J connectivity index is 1.93. The van der Waals surface area contributed by atoms with Crippen molar-refractivity contribution in [2.24, 2.45) is 5.41 Å². The fourth-order valence-electron chi connectivity index (χ4n) is 2.90. The Morgan fingerprint density at radius 3 is 2.57 bits per heavy atom. The highest BCUT2D eigenvalue weighted by Gasteiger charge is 2.21. The second-order valence-corrected chi connectivity index (χ2v) is 7.06. The SMILES string of the molecule is CCNCc1cccc(CN2CC=C(C(C)(C)C)CC2)c1. The zero-order valence-electron chi connectivity index (χ0n) is 14.1. The fraction of sp³-hybridized carbons (Fsp3) is 0.579. The van der Waals surface area contributed by atoms with E-state index in [1.807, 2.05) is 0 Å². The van der Waals surface area contributed by atoms with Gasteiger partial charge < -0.3 is 5.32 Å². The van der Waals surface area contributed by atoms with Crippen LogP contribution < -0.4 is 5.32 Å². The molecule has 1 aliphatic rings. The maximum atomic E-state index is 3.39. The lowest BCUT2D eigenvalue weighted by atomic mass is 9.83. The Kier molecular flexibility index (Phi) is 5.60. The van der Waals surface area contributed by atoms with Crippen LogP contribution in [0.4, 0.5) is 0 Å². The maximum absolute atomic E-state index is 3.39. The topological polar surface area (TPSA) is 15.3 Å². The third-order valence-electron chi connectivity index (χ3n) is 4.23. The second kappa shape index (κ2) is 7.24. The quantitative estimate of drug-likeness (QED) is 0.824. The summed E-state index contributed by atoms with van der Waals surface area (Å²) >= 11 is 0. The highest BCUT2D eigenvalue weighted by Crippen LogP contribution is 2.30. The van der Waals surface area contributed by atoms with Gasteiger partial charge in [0.25, 0.3) is 0 Å². The van der Waals surface area contributed by atoms with Crippen LogP contribution in [0.25, 0.3) is 0 Å². The minimum absolute atomic E-state index is 0.331. The van der Waals surface area contributed by atoms with E-state index in [9.17, 15) is 0 Å². The molecular formula is C19H30N2. The Bertz CT molecular complexity index is 483. The van der Waals surface area contributed by atoms with Crippen molar-refractivity contribution in [1.82, 2.24) is 10.2 Å². The maximum Gasteiger partial charge on any atom is 0.0237 e. The van der Waals surface area contributed by atoms with Gasteiger partial charge in [-0.1, -0.05) is 63.6 Å². The molecule has 0 unspecified atom stereocenters. The lowest BCUT2D eigenvalue weighted by molar-refractivity contribution is 0.271. The molecule has 1 aromatic rings. The number of rotatable bonds is 5. The summed E-state index contributed by atoms with van der Waals surface area (Å²) in [5.41, 5.74) is 4.76. The van der Waals surface area contributed by atoms with E-state index < -0.39 is 0 Å². The molecule has 21 heavy (non-hydrogen) atoms. The van der Waals surface area contributed by atoms with Gasteiger partial charge in [-0.2, -0.15) is 0 Å². The number of hydrogen-bond acceptors (Lipinski definition) is 2. The van der Waals surface area contributed by atoms with Crippen LogP contribution in [-0.2, 0) is 13.1 Å². The van der Waals surface area contributed by atoms with Gasteiger partial charge in [-0.05, 0) is 29.5 Å². The largest absolute Gasteiger partial charge is 0.313 e. The van der Waals surface area contributed by atoms with Gasteiger partial charge in [-0.3, -0.25) is 4.90 Å². The molecule has 0 amide bonds. The molecule has 1 aromatic carbocycles. The van der Waals surface area contributed by atoms with Crippen LogP contribution in [0.1, 0.15) is 45.2 Å². The number of hydrogen-bond donors (Lipinski definition) is 1. The first-order valence-electron chi connectivity index (χ1n) is 8.19. The van der Waals surface area contributed by atoms with E-state index in [1.165, 1.54) is 24.1 Å². The molecule has 1 aliphatic heterocycles. The smallest absolute Gasteiger partial charge is 0.0237 e. The molecule has 0 fully saturated rings. The normalized spacial score (nSPS) is 16.9. The molecule has 0 aromatic heterocycles. The average molecular weight is 286 g/mol. The molecule has 2 heteroatoms. The highest BCUT2D eigenvalue weighted by molar-refractivity contribution is 5.24. The van der Waals surface area contributed by atoms with Crippen LogP contribution >= 0.6 is 0 Å². The Labute approximate surface area is 130 Å². The summed E-state index contributed by atoms with van der Waals surface area (Å²) in [4.78, 5) is 2.54. The summed E-state index contributed by atoms with van der Waals surface area (Å²) in [6, 6.07) is 8.98. The van der Waals surface area contributed by atoms with Crippen LogP contribution in [0.2, 0.25) is 0 Å². The van der Waals surface area contributed by atoms with Crippen LogP contribution in [0.3, 0.4) is 0 Å². The van der Waals surface area contributed by atoms with E-state index in [0.717, 1.165) is 26.2 Å². The van der Waals surface area contributed by atoms with Crippen molar-refractivity contribution in [2.75, 3.05) is 19.6 Å². The van der Waals surface area contributed by atoms with Crippen LogP contribution in [0, 0.1) is 5.41 Å². The molecule has 116 valence electrons. The van der Waals surface area contributed by atoms with E-state index >= 15 is 0 Å². The molecule has 0 radical (unpaired) electrons. The molecule has 0 bridgehead atoms. The molecule has 0 saturated heterocycles. The summed E-state index contributed by atoms with van der Waals surface area (Å²) in [7, 11) is 0. The summed E-state index contributed by atoms with van der Waals surface area (Å²) in [5, 5.41) is 3.39. The molecule has 1 heterocycles. The Hall–Kier alpha value is -1.12. The zero-order valence-corrected chi connectivity index (χ0v) is 14.1. The molecule has 0 spiro atoms. The molecule has 2 rings (SSSR count). The van der Waals surface area contributed by atoms with Gasteiger partial charge >= 0.3 is 0 Å². The van der Waals surface area contributed by atoms with Gasteiger partial charge in [0.15, 0.2) is 0 Å². The summed E-state index contributed by atoms with van der Waals surface area (Å²) in [6.45, 7) is 14.4. The third-order valence-corrected chi connectivity index (χ3v) is 4.23. The van der Waals surface area contributed by atoms with Gasteiger partial charge in [0.2, 0.25) is 0 Å². The molecule has 0 atom stereocenters. The number of nitrogens with zero attached hydrogens (tertiary/aromatic N) is 1. The zero-order chi connectivity index (χ0) is 15.3. The summed E-state index contributed by atoms with van der Waals surface area (Å²) < 4.78 is 0. The lowest BCUT2D eigenvalue weighted by Gasteiger charge is -2.32. The predicted molar refractivity (Wildman–Crippen MR) is 91.3 cm³/mol. The van der Waals surface area contributed by atoms with Gasteiger partial charge in [0, 0.05) is 26.2 Å². The van der Waals surface area contributed by atoms with Crippen molar-refractivity contribution in [3.63, 3.8) is 0 Å². The highest BCUT2D eigenvalue weighted by atomic mass is 15.1. The van der Waals surface area contributed by atoms with Gasteiger partial charge in [-0.15, -0.1) is 0 Å². The van der Waals surface area contributed by atoms with Gasteiger partial charge in [0.05, 0.1) is 0 Å².